The number of hydrogen-bond acceptors (Lipinski definition) is 1. The Bertz CT molecular complexity index is 552. The summed E-state index contributed by atoms with van der Waals surface area (Å²) in [5, 5.41) is 3.63. The Morgan fingerprint density at radius 2 is 1.76 bits per heavy atom. The Labute approximate surface area is 100 Å². The van der Waals surface area contributed by atoms with Crippen molar-refractivity contribution in [3.8, 4) is 11.1 Å². The molecule has 2 aromatic carbocycles. The Kier molecular flexibility index (Phi) is 3.43. The topological polar surface area (TPSA) is 48.8 Å². The van der Waals surface area contributed by atoms with Crippen LogP contribution in [0.1, 0.15) is 11.1 Å². The lowest BCUT2D eigenvalue weighted by Gasteiger charge is -2.07. The molecule has 0 spiro atoms. The van der Waals surface area contributed by atoms with Crippen LogP contribution < -0.4 is 0 Å². The Hall–Kier alpha value is -2.25. The number of nitrogens with zero attached hydrogens (tertiary/aromatic N) is 3. The van der Waals surface area contributed by atoms with Crippen LogP contribution >= 0.6 is 0 Å². The molecule has 0 radical (unpaired) electrons. The summed E-state index contributed by atoms with van der Waals surface area (Å²) in [4.78, 5) is 2.80. The first-order valence-electron chi connectivity index (χ1n) is 5.47. The molecule has 0 aliphatic heterocycles. The van der Waals surface area contributed by atoms with Crippen molar-refractivity contribution in [3.05, 3.63) is 70.1 Å². The molecule has 3 nitrogen and oxygen atoms in total. The second-order valence-electron chi connectivity index (χ2n) is 3.91. The molecule has 0 unspecified atom stereocenters. The third kappa shape index (κ3) is 2.65. The largest absolute Gasteiger partial charge is 0.0893 e. The molecule has 0 amide bonds. The molecule has 0 fully saturated rings. The minimum absolute atomic E-state index is 0.389. The van der Waals surface area contributed by atoms with E-state index in [-0.39, 0.29) is 0 Å². The highest BCUT2D eigenvalue weighted by atomic mass is 15.1. The first kappa shape index (κ1) is 11.2. The number of azide groups is 1. The third-order valence-corrected chi connectivity index (χ3v) is 2.68. The second-order valence-corrected chi connectivity index (χ2v) is 3.91. The molecule has 84 valence electrons. The second kappa shape index (κ2) is 5.19. The van der Waals surface area contributed by atoms with Crippen LogP contribution in [0.5, 0.6) is 0 Å². The molecule has 17 heavy (non-hydrogen) atoms. The molecule has 3 heteroatoms. The van der Waals surface area contributed by atoms with Gasteiger partial charge in [-0.05, 0) is 29.1 Å². The van der Waals surface area contributed by atoms with Crippen molar-refractivity contribution in [1.29, 1.82) is 0 Å². The summed E-state index contributed by atoms with van der Waals surface area (Å²) < 4.78 is 0. The van der Waals surface area contributed by atoms with E-state index in [1.807, 2.05) is 24.3 Å². The van der Waals surface area contributed by atoms with Crippen molar-refractivity contribution in [2.24, 2.45) is 5.11 Å². The summed E-state index contributed by atoms with van der Waals surface area (Å²) in [6.45, 7) is 2.45. The van der Waals surface area contributed by atoms with Gasteiger partial charge in [-0.3, -0.25) is 0 Å². The molecule has 0 aliphatic carbocycles. The van der Waals surface area contributed by atoms with Crippen LogP contribution in [0, 0.1) is 6.92 Å². The fraction of sp³-hybridized carbons (Fsp3) is 0.143. The van der Waals surface area contributed by atoms with Gasteiger partial charge in [0.25, 0.3) is 0 Å². The van der Waals surface area contributed by atoms with Crippen molar-refractivity contribution in [2.45, 2.75) is 13.5 Å². The summed E-state index contributed by atoms with van der Waals surface area (Å²) in [7, 11) is 0. The fourth-order valence-electron chi connectivity index (χ4n) is 1.78. The van der Waals surface area contributed by atoms with Crippen molar-refractivity contribution >= 4 is 0 Å². The number of rotatable bonds is 3. The number of benzene rings is 2. The average Bonchev–Trinajstić information content (AvgIpc) is 2.38. The summed E-state index contributed by atoms with van der Waals surface area (Å²) in [6, 6.07) is 16.3. The van der Waals surface area contributed by atoms with E-state index in [2.05, 4.69) is 41.2 Å². The minimum atomic E-state index is 0.389. The Morgan fingerprint density at radius 3 is 2.47 bits per heavy atom. The molecule has 0 saturated carbocycles. The zero-order valence-corrected chi connectivity index (χ0v) is 9.67. The van der Waals surface area contributed by atoms with Crippen molar-refractivity contribution in [2.75, 3.05) is 0 Å². The molecule has 0 bridgehead atoms. The quantitative estimate of drug-likeness (QED) is 0.418. The van der Waals surface area contributed by atoms with Crippen LogP contribution in [0.25, 0.3) is 21.6 Å². The van der Waals surface area contributed by atoms with Crippen molar-refractivity contribution in [1.82, 2.24) is 0 Å². The van der Waals surface area contributed by atoms with E-state index in [4.69, 9.17) is 5.53 Å². The van der Waals surface area contributed by atoms with E-state index in [0.717, 1.165) is 16.7 Å². The van der Waals surface area contributed by atoms with Crippen LogP contribution in [-0.4, -0.2) is 0 Å². The molecule has 0 N–H and O–H groups in total. The smallest absolute Gasteiger partial charge is 0.0517 e. The number of hydrogen-bond donors (Lipinski definition) is 0. The standard InChI is InChI=1S/C14H13N3/c1-11-6-8-12(9-7-11)14-5-3-2-4-13(14)10-16-17-15/h2-9H,10H2,1H3. The van der Waals surface area contributed by atoms with E-state index in [9.17, 15) is 0 Å². The Balaban J connectivity index is 2.43. The molecule has 0 heterocycles. The van der Waals surface area contributed by atoms with Crippen LogP contribution in [-0.2, 0) is 6.54 Å². The highest BCUT2D eigenvalue weighted by Gasteiger charge is 2.02. The fourth-order valence-corrected chi connectivity index (χ4v) is 1.78. The summed E-state index contributed by atoms with van der Waals surface area (Å²) >= 11 is 0. The SMILES string of the molecule is Cc1ccc(-c2ccccc2CN=[N+]=[N-])cc1. The van der Waals surface area contributed by atoms with Crippen LogP contribution in [0.3, 0.4) is 0 Å². The van der Waals surface area contributed by atoms with Gasteiger partial charge >= 0.3 is 0 Å². The third-order valence-electron chi connectivity index (χ3n) is 2.68. The predicted molar refractivity (Wildman–Crippen MR) is 69.5 cm³/mol. The normalized spacial score (nSPS) is 9.71. The van der Waals surface area contributed by atoms with Gasteiger partial charge in [0.15, 0.2) is 0 Å². The van der Waals surface area contributed by atoms with Gasteiger partial charge in [0.05, 0.1) is 6.54 Å². The molecular weight excluding hydrogens is 210 g/mol. The van der Waals surface area contributed by atoms with E-state index in [0.29, 0.717) is 6.54 Å². The molecule has 2 aromatic rings. The minimum Gasteiger partial charge on any atom is -0.0893 e. The van der Waals surface area contributed by atoms with Gasteiger partial charge in [-0.25, -0.2) is 0 Å². The molecule has 0 aliphatic rings. The predicted octanol–water partition coefficient (Wildman–Crippen LogP) is 4.47. The lowest BCUT2D eigenvalue weighted by molar-refractivity contribution is 1.05. The van der Waals surface area contributed by atoms with Crippen molar-refractivity contribution < 1.29 is 0 Å². The molecule has 0 atom stereocenters. The highest BCUT2D eigenvalue weighted by molar-refractivity contribution is 5.67. The van der Waals surface area contributed by atoms with Gasteiger partial charge in [-0.1, -0.05) is 59.2 Å². The molecule has 2 rings (SSSR count). The van der Waals surface area contributed by atoms with E-state index < -0.39 is 0 Å². The highest BCUT2D eigenvalue weighted by Crippen LogP contribution is 2.24. The van der Waals surface area contributed by atoms with Gasteiger partial charge in [0.2, 0.25) is 0 Å². The van der Waals surface area contributed by atoms with Crippen molar-refractivity contribution in [3.63, 3.8) is 0 Å². The first-order chi connectivity index (χ1) is 8.31. The zero-order valence-electron chi connectivity index (χ0n) is 9.67. The molecular formula is C14H13N3. The average molecular weight is 223 g/mol. The van der Waals surface area contributed by atoms with Gasteiger partial charge in [0.1, 0.15) is 0 Å². The van der Waals surface area contributed by atoms with E-state index in [1.54, 1.807) is 0 Å². The first-order valence-corrected chi connectivity index (χ1v) is 5.47. The van der Waals surface area contributed by atoms with Crippen LogP contribution in [0.15, 0.2) is 53.6 Å². The summed E-state index contributed by atoms with van der Waals surface area (Å²) in [6.07, 6.45) is 0. The zero-order chi connectivity index (χ0) is 12.1. The molecule has 0 saturated heterocycles. The lowest BCUT2D eigenvalue weighted by atomic mass is 9.99. The molecule has 0 aromatic heterocycles. The Morgan fingerprint density at radius 1 is 1.06 bits per heavy atom. The maximum Gasteiger partial charge on any atom is 0.0517 e. The summed E-state index contributed by atoms with van der Waals surface area (Å²) in [5.41, 5.74) is 12.9. The van der Waals surface area contributed by atoms with Gasteiger partial charge in [-0.2, -0.15) is 0 Å². The monoisotopic (exact) mass is 223 g/mol. The summed E-state index contributed by atoms with van der Waals surface area (Å²) in [5.74, 6) is 0. The van der Waals surface area contributed by atoms with Crippen LogP contribution in [0.2, 0.25) is 0 Å². The van der Waals surface area contributed by atoms with Gasteiger partial charge < -0.3 is 0 Å². The lowest BCUT2D eigenvalue weighted by Crippen LogP contribution is -1.87. The maximum atomic E-state index is 8.38. The van der Waals surface area contributed by atoms with E-state index >= 15 is 0 Å². The number of aryl methyl sites for hydroxylation is 1. The maximum absolute atomic E-state index is 8.38. The van der Waals surface area contributed by atoms with Crippen LogP contribution in [0.4, 0.5) is 0 Å². The van der Waals surface area contributed by atoms with Gasteiger partial charge in [0, 0.05) is 4.91 Å². The van der Waals surface area contributed by atoms with Gasteiger partial charge in [-0.15, -0.1) is 0 Å². The van der Waals surface area contributed by atoms with E-state index in [1.165, 1.54) is 5.56 Å².